The molecule has 2 amide bonds. The van der Waals surface area contributed by atoms with Gasteiger partial charge < -0.3 is 14.5 Å². The van der Waals surface area contributed by atoms with Crippen molar-refractivity contribution in [3.63, 3.8) is 0 Å². The number of aryl methyl sites for hydroxylation is 2. The fourth-order valence-corrected chi connectivity index (χ4v) is 4.60. The van der Waals surface area contributed by atoms with Crippen molar-refractivity contribution < 1.29 is 28.9 Å². The Bertz CT molecular complexity index is 1660. The molecule has 3 aromatic carbocycles. The summed E-state index contributed by atoms with van der Waals surface area (Å²) < 4.78 is 5.49. The van der Waals surface area contributed by atoms with Gasteiger partial charge in [0.25, 0.3) is 17.5 Å². The van der Waals surface area contributed by atoms with Gasteiger partial charge >= 0.3 is 5.97 Å². The lowest BCUT2D eigenvalue weighted by Crippen LogP contribution is -2.31. The van der Waals surface area contributed by atoms with Gasteiger partial charge in [-0.1, -0.05) is 12.5 Å². The zero-order valence-corrected chi connectivity index (χ0v) is 26.1. The fraction of sp³-hybridized carbons (Fsp3) is 0.344. The molecule has 0 N–H and O–H groups in total. The van der Waals surface area contributed by atoms with E-state index in [2.05, 4.69) is 25.4 Å². The topological polar surface area (TPSA) is 169 Å². The first kappa shape index (κ1) is 33.4. The molecule has 0 unspecified atom stereocenters. The highest BCUT2D eigenvalue weighted by Gasteiger charge is 2.32. The summed E-state index contributed by atoms with van der Waals surface area (Å²) in [4.78, 5) is 52.9. The Balaban J connectivity index is 1.29. The van der Waals surface area contributed by atoms with E-state index in [-0.39, 0.29) is 30.6 Å². The van der Waals surface area contributed by atoms with E-state index in [1.165, 1.54) is 13.2 Å². The van der Waals surface area contributed by atoms with E-state index in [9.17, 15) is 24.5 Å². The van der Waals surface area contributed by atoms with Gasteiger partial charge in [-0.3, -0.25) is 19.7 Å². The number of nitro benzene ring substituents is 1. The van der Waals surface area contributed by atoms with Crippen LogP contribution in [0.5, 0.6) is 5.75 Å². The molecule has 1 saturated heterocycles. The molecule has 46 heavy (non-hydrogen) atoms. The number of hydroxylamine groups is 2. The van der Waals surface area contributed by atoms with Crippen LogP contribution in [0.25, 0.3) is 0 Å². The molecular weight excluding hydrogens is 594 g/mol. The highest BCUT2D eigenvalue weighted by atomic mass is 16.7. The number of unbranched alkanes of at least 4 members (excludes halogenated alkanes) is 2. The number of nitrogens with zero attached hydrogens (tertiary/aromatic N) is 7. The monoisotopic (exact) mass is 629 g/mol. The molecule has 0 saturated carbocycles. The van der Waals surface area contributed by atoms with Gasteiger partial charge in [0.1, 0.15) is 11.4 Å². The number of rotatable bonds is 14. The van der Waals surface area contributed by atoms with Crippen LogP contribution in [-0.4, -0.2) is 48.5 Å². The van der Waals surface area contributed by atoms with E-state index in [0.29, 0.717) is 34.3 Å². The number of benzene rings is 3. The summed E-state index contributed by atoms with van der Waals surface area (Å²) in [6.07, 6.45) is 2.49. The second kappa shape index (κ2) is 15.5. The molecule has 0 aliphatic carbocycles. The molecule has 3 aromatic rings. The lowest BCUT2D eigenvalue weighted by Gasteiger charge is -2.19. The van der Waals surface area contributed by atoms with E-state index in [1.54, 1.807) is 31.2 Å². The Kier molecular flexibility index (Phi) is 11.2. The maximum atomic E-state index is 11.9. The van der Waals surface area contributed by atoms with Gasteiger partial charge in [-0.05, 0) is 74.2 Å². The van der Waals surface area contributed by atoms with Crippen LogP contribution in [0.3, 0.4) is 0 Å². The number of amides is 2. The third-order valence-corrected chi connectivity index (χ3v) is 7.23. The van der Waals surface area contributed by atoms with Crippen molar-refractivity contribution in [2.75, 3.05) is 25.6 Å². The molecule has 14 heteroatoms. The summed E-state index contributed by atoms with van der Waals surface area (Å²) in [6, 6.07) is 15.7. The number of ether oxygens (including phenoxy) is 1. The van der Waals surface area contributed by atoms with E-state index in [4.69, 9.17) is 9.57 Å². The largest absolute Gasteiger partial charge is 0.494 e. The molecule has 0 bridgehead atoms. The SMILES string of the molecule is COc1cc(N=Nc2ccc(C)cc2[N+](=O)[O-])c(C)cc1N=Nc1ccc(N(C)CCCCCC(=O)ON2C(=O)CCC2=O)cc1. The van der Waals surface area contributed by atoms with Crippen LogP contribution < -0.4 is 9.64 Å². The Hall–Kier alpha value is -5.53. The molecule has 0 radical (unpaired) electrons. The number of methoxy groups -OCH3 is 1. The number of anilines is 1. The summed E-state index contributed by atoms with van der Waals surface area (Å²) in [6.45, 7) is 4.36. The van der Waals surface area contributed by atoms with Crippen LogP contribution in [0.15, 0.2) is 75.1 Å². The average Bonchev–Trinajstić information content (AvgIpc) is 3.35. The van der Waals surface area contributed by atoms with E-state index >= 15 is 0 Å². The van der Waals surface area contributed by atoms with Crippen LogP contribution in [0.2, 0.25) is 0 Å². The highest BCUT2D eigenvalue weighted by molar-refractivity contribution is 6.01. The predicted octanol–water partition coefficient (Wildman–Crippen LogP) is 7.65. The lowest BCUT2D eigenvalue weighted by molar-refractivity contribution is -0.384. The van der Waals surface area contributed by atoms with E-state index < -0.39 is 22.7 Å². The van der Waals surface area contributed by atoms with Crippen LogP contribution in [0.1, 0.15) is 49.7 Å². The maximum absolute atomic E-state index is 11.9. The van der Waals surface area contributed by atoms with Crippen molar-refractivity contribution in [3.8, 4) is 5.75 Å². The molecule has 240 valence electrons. The lowest BCUT2D eigenvalue weighted by atomic mass is 10.1. The van der Waals surface area contributed by atoms with Gasteiger partial charge in [-0.15, -0.1) is 20.4 Å². The van der Waals surface area contributed by atoms with Gasteiger partial charge in [0.2, 0.25) is 0 Å². The van der Waals surface area contributed by atoms with Crippen molar-refractivity contribution in [3.05, 3.63) is 75.8 Å². The molecule has 1 aliphatic heterocycles. The van der Waals surface area contributed by atoms with Crippen LogP contribution in [0, 0.1) is 24.0 Å². The van der Waals surface area contributed by atoms with Crippen molar-refractivity contribution in [2.24, 2.45) is 20.5 Å². The third-order valence-electron chi connectivity index (χ3n) is 7.23. The molecular formula is C32H35N7O7. The summed E-state index contributed by atoms with van der Waals surface area (Å²) >= 11 is 0. The average molecular weight is 630 g/mol. The van der Waals surface area contributed by atoms with Gasteiger partial charge in [0, 0.05) is 50.7 Å². The Morgan fingerprint density at radius 1 is 0.891 bits per heavy atom. The summed E-state index contributed by atoms with van der Waals surface area (Å²) in [7, 11) is 3.48. The second-order valence-corrected chi connectivity index (χ2v) is 10.8. The van der Waals surface area contributed by atoms with Crippen LogP contribution in [-0.2, 0) is 19.2 Å². The first-order valence-corrected chi connectivity index (χ1v) is 14.7. The Labute approximate surface area is 265 Å². The number of hydrogen-bond donors (Lipinski definition) is 0. The predicted molar refractivity (Wildman–Crippen MR) is 169 cm³/mol. The summed E-state index contributed by atoms with van der Waals surface area (Å²) in [5.74, 6) is -1.12. The molecule has 1 fully saturated rings. The van der Waals surface area contributed by atoms with Gasteiger partial charge in [-0.25, -0.2) is 4.79 Å². The second-order valence-electron chi connectivity index (χ2n) is 10.8. The smallest absolute Gasteiger partial charge is 0.333 e. The van der Waals surface area contributed by atoms with E-state index in [1.807, 2.05) is 38.2 Å². The zero-order chi connectivity index (χ0) is 33.2. The number of carbonyl (C=O) groups is 3. The number of imide groups is 1. The van der Waals surface area contributed by atoms with Crippen molar-refractivity contribution in [1.29, 1.82) is 0 Å². The molecule has 0 atom stereocenters. The summed E-state index contributed by atoms with van der Waals surface area (Å²) in [5, 5.41) is 29.0. The van der Waals surface area contributed by atoms with Crippen LogP contribution >= 0.6 is 0 Å². The molecule has 0 aromatic heterocycles. The Morgan fingerprint density at radius 2 is 1.57 bits per heavy atom. The number of hydrogen-bond acceptors (Lipinski definition) is 12. The Morgan fingerprint density at radius 3 is 2.24 bits per heavy atom. The van der Waals surface area contributed by atoms with Gasteiger partial charge in [0.05, 0.1) is 23.4 Å². The highest BCUT2D eigenvalue weighted by Crippen LogP contribution is 2.37. The van der Waals surface area contributed by atoms with Gasteiger partial charge in [0.15, 0.2) is 5.69 Å². The number of carbonyl (C=O) groups excluding carboxylic acids is 3. The van der Waals surface area contributed by atoms with Gasteiger partial charge in [-0.2, -0.15) is 5.11 Å². The van der Waals surface area contributed by atoms with Crippen molar-refractivity contribution >= 4 is 51.9 Å². The first-order chi connectivity index (χ1) is 22.0. The zero-order valence-electron chi connectivity index (χ0n) is 26.1. The third kappa shape index (κ3) is 8.77. The minimum atomic E-state index is -0.581. The molecule has 14 nitrogen and oxygen atoms in total. The molecule has 1 aliphatic rings. The number of nitro groups is 1. The fourth-order valence-electron chi connectivity index (χ4n) is 4.60. The minimum absolute atomic E-state index is 0.0762. The van der Waals surface area contributed by atoms with Crippen molar-refractivity contribution in [2.45, 2.75) is 52.4 Å². The minimum Gasteiger partial charge on any atom is -0.494 e. The van der Waals surface area contributed by atoms with Crippen LogP contribution in [0.4, 0.5) is 34.1 Å². The molecule has 0 spiro atoms. The first-order valence-electron chi connectivity index (χ1n) is 14.7. The maximum Gasteiger partial charge on any atom is 0.333 e. The standard InChI is InChI=1S/C32H35N7O7/c1-21-9-14-25(28(18-21)39(43)44)34-35-26-20-29(45-4)27(19-22(26)2)36-33-23-10-12-24(13-11-23)37(3)17-7-5-6-8-32(42)46-38-30(40)15-16-31(38)41/h9-14,18-20H,5-8,15-17H2,1-4H3. The van der Waals surface area contributed by atoms with Crippen molar-refractivity contribution in [1.82, 2.24) is 5.06 Å². The normalized spacial score (nSPS) is 13.2. The quantitative estimate of drug-likeness (QED) is 0.0575. The molecule has 1 heterocycles. The summed E-state index contributed by atoms with van der Waals surface area (Å²) in [5.41, 5.74) is 4.12. The molecule has 4 rings (SSSR count). The van der Waals surface area contributed by atoms with E-state index in [0.717, 1.165) is 36.2 Å². The number of azo groups is 2.